The molecule has 2 aromatic carbocycles. The first kappa shape index (κ1) is 19.2. The second-order valence-corrected chi connectivity index (χ2v) is 6.68. The van der Waals surface area contributed by atoms with Gasteiger partial charge in [0.1, 0.15) is 18.2 Å². The standard InChI is InChI=1S/C20H15FN2O4S/c21-15-5-3-14(4-6-15)17-9-10-18(28-17)20(26)23-22-11-13-1-7-16(8-2-13)27-12-19(24)25/h1-11H,12H2,(H,23,26)(H,24,25)/p-1/b22-11-. The Bertz CT molecular complexity index is 998. The first-order valence-electron chi connectivity index (χ1n) is 8.13. The zero-order valence-electron chi connectivity index (χ0n) is 14.4. The Balaban J connectivity index is 1.56. The molecule has 0 saturated carbocycles. The summed E-state index contributed by atoms with van der Waals surface area (Å²) in [6, 6.07) is 16.0. The number of amides is 1. The molecule has 0 aliphatic rings. The Morgan fingerprint density at radius 3 is 2.46 bits per heavy atom. The molecule has 6 nitrogen and oxygen atoms in total. The summed E-state index contributed by atoms with van der Waals surface area (Å²) < 4.78 is 18.0. The number of rotatable bonds is 7. The summed E-state index contributed by atoms with van der Waals surface area (Å²) in [5, 5.41) is 14.2. The average molecular weight is 397 g/mol. The monoisotopic (exact) mass is 397 g/mol. The number of carboxylic acids is 1. The van der Waals surface area contributed by atoms with Crippen molar-refractivity contribution in [1.82, 2.24) is 5.43 Å². The molecule has 3 aromatic rings. The predicted molar refractivity (Wildman–Crippen MR) is 102 cm³/mol. The number of thiophene rings is 1. The van der Waals surface area contributed by atoms with Crippen LogP contribution in [0.3, 0.4) is 0 Å². The number of nitrogens with zero attached hydrogens (tertiary/aromatic N) is 1. The first-order chi connectivity index (χ1) is 13.5. The molecule has 8 heteroatoms. The Kier molecular flexibility index (Phi) is 6.13. The Morgan fingerprint density at radius 1 is 1.07 bits per heavy atom. The van der Waals surface area contributed by atoms with Crippen molar-refractivity contribution < 1.29 is 23.8 Å². The van der Waals surface area contributed by atoms with Crippen molar-refractivity contribution in [2.24, 2.45) is 5.10 Å². The molecule has 0 atom stereocenters. The second kappa shape index (κ2) is 8.92. The van der Waals surface area contributed by atoms with Crippen molar-refractivity contribution in [3.05, 3.63) is 76.9 Å². The molecule has 1 aromatic heterocycles. The number of carboxylic acid groups (broad SMARTS) is 1. The fourth-order valence-electron chi connectivity index (χ4n) is 2.24. The van der Waals surface area contributed by atoms with Crippen LogP contribution < -0.4 is 15.3 Å². The highest BCUT2D eigenvalue weighted by atomic mass is 32.1. The quantitative estimate of drug-likeness (QED) is 0.490. The lowest BCUT2D eigenvalue weighted by atomic mass is 10.2. The van der Waals surface area contributed by atoms with Crippen molar-refractivity contribution in [2.75, 3.05) is 6.61 Å². The maximum Gasteiger partial charge on any atom is 0.281 e. The van der Waals surface area contributed by atoms with Gasteiger partial charge in [0.15, 0.2) is 0 Å². The second-order valence-electron chi connectivity index (χ2n) is 5.60. The van der Waals surface area contributed by atoms with Crippen LogP contribution in [0.2, 0.25) is 0 Å². The Labute approximate surface area is 163 Å². The number of hydrazone groups is 1. The lowest BCUT2D eigenvalue weighted by Crippen LogP contribution is -2.28. The van der Waals surface area contributed by atoms with Crippen molar-refractivity contribution in [2.45, 2.75) is 0 Å². The Hall–Kier alpha value is -3.52. The molecule has 142 valence electrons. The number of nitrogens with one attached hydrogen (secondary N) is 1. The van der Waals surface area contributed by atoms with Gasteiger partial charge >= 0.3 is 0 Å². The van der Waals surface area contributed by atoms with Gasteiger partial charge in [-0.15, -0.1) is 11.3 Å². The number of carbonyl (C=O) groups is 2. The third kappa shape index (κ3) is 5.24. The van der Waals surface area contributed by atoms with E-state index < -0.39 is 12.6 Å². The molecule has 0 bridgehead atoms. The van der Waals surface area contributed by atoms with Crippen LogP contribution in [0.5, 0.6) is 5.75 Å². The van der Waals surface area contributed by atoms with Gasteiger partial charge in [-0.3, -0.25) is 4.79 Å². The smallest absolute Gasteiger partial charge is 0.281 e. The number of carbonyl (C=O) groups excluding carboxylic acids is 2. The van der Waals surface area contributed by atoms with Gasteiger partial charge in [0.2, 0.25) is 0 Å². The van der Waals surface area contributed by atoms with Crippen molar-refractivity contribution in [1.29, 1.82) is 0 Å². The molecular formula is C20H14FN2O4S-. The summed E-state index contributed by atoms with van der Waals surface area (Å²) in [4.78, 5) is 23.8. The first-order valence-corrected chi connectivity index (χ1v) is 8.95. The van der Waals surface area contributed by atoms with E-state index in [9.17, 15) is 19.1 Å². The highest BCUT2D eigenvalue weighted by Gasteiger charge is 2.09. The number of hydrogen-bond donors (Lipinski definition) is 1. The highest BCUT2D eigenvalue weighted by Crippen LogP contribution is 2.28. The summed E-state index contributed by atoms with van der Waals surface area (Å²) in [6.07, 6.45) is 1.45. The van der Waals surface area contributed by atoms with Crippen molar-refractivity contribution >= 4 is 29.4 Å². The molecule has 1 amide bonds. The minimum atomic E-state index is -1.30. The topological polar surface area (TPSA) is 90.8 Å². The molecule has 0 radical (unpaired) electrons. The predicted octanol–water partition coefficient (Wildman–Crippen LogP) is 2.45. The van der Waals surface area contributed by atoms with E-state index in [0.717, 1.165) is 10.4 Å². The van der Waals surface area contributed by atoms with Gasteiger partial charge in [0, 0.05) is 4.88 Å². The molecule has 3 rings (SSSR count). The average Bonchev–Trinajstić information content (AvgIpc) is 3.18. The van der Waals surface area contributed by atoms with E-state index in [4.69, 9.17) is 4.74 Å². The fraction of sp³-hybridized carbons (Fsp3) is 0.0500. The minimum Gasteiger partial charge on any atom is -0.546 e. The van der Waals surface area contributed by atoms with E-state index in [2.05, 4.69) is 10.5 Å². The number of ether oxygens (including phenoxy) is 1. The Morgan fingerprint density at radius 2 is 1.79 bits per heavy atom. The lowest BCUT2D eigenvalue weighted by Gasteiger charge is -2.06. The summed E-state index contributed by atoms with van der Waals surface area (Å²) in [7, 11) is 0. The van der Waals surface area contributed by atoms with Gasteiger partial charge in [-0.05, 0) is 59.7 Å². The van der Waals surface area contributed by atoms with Crippen LogP contribution >= 0.6 is 11.3 Å². The maximum atomic E-state index is 13.0. The van der Waals surface area contributed by atoms with Crippen LogP contribution in [0.15, 0.2) is 65.8 Å². The SMILES string of the molecule is O=C([O-])COc1ccc(/C=N\NC(=O)c2ccc(-c3ccc(F)cc3)s2)cc1. The number of benzene rings is 2. The normalized spacial score (nSPS) is 10.8. The van der Waals surface area contributed by atoms with E-state index >= 15 is 0 Å². The number of halogens is 1. The molecule has 28 heavy (non-hydrogen) atoms. The van der Waals surface area contributed by atoms with Crippen LogP contribution in [-0.2, 0) is 4.79 Å². The fourth-order valence-corrected chi connectivity index (χ4v) is 3.14. The number of aliphatic carboxylic acids is 1. The van der Waals surface area contributed by atoms with Gasteiger partial charge in [-0.1, -0.05) is 12.1 Å². The molecular weight excluding hydrogens is 383 g/mol. The maximum absolute atomic E-state index is 13.0. The summed E-state index contributed by atoms with van der Waals surface area (Å²) in [6.45, 7) is -0.524. The van der Waals surface area contributed by atoms with Crippen LogP contribution in [0.1, 0.15) is 15.2 Å². The minimum absolute atomic E-state index is 0.314. The van der Waals surface area contributed by atoms with E-state index in [1.165, 1.54) is 29.7 Å². The third-order valence-electron chi connectivity index (χ3n) is 3.58. The number of hydrogen-bond acceptors (Lipinski definition) is 6. The van der Waals surface area contributed by atoms with E-state index in [0.29, 0.717) is 16.2 Å². The molecule has 0 fully saturated rings. The van der Waals surface area contributed by atoms with Gasteiger partial charge in [-0.2, -0.15) is 5.10 Å². The van der Waals surface area contributed by atoms with Crippen molar-refractivity contribution in [3.8, 4) is 16.2 Å². The van der Waals surface area contributed by atoms with Gasteiger partial charge < -0.3 is 14.6 Å². The van der Waals surface area contributed by atoms with E-state index in [1.54, 1.807) is 48.5 Å². The molecule has 0 spiro atoms. The molecule has 0 saturated heterocycles. The van der Waals surface area contributed by atoms with Gasteiger partial charge in [-0.25, -0.2) is 9.82 Å². The lowest BCUT2D eigenvalue weighted by molar-refractivity contribution is -0.307. The zero-order chi connectivity index (χ0) is 19.9. The van der Waals surface area contributed by atoms with Crippen LogP contribution in [0.4, 0.5) is 4.39 Å². The molecule has 0 unspecified atom stereocenters. The highest BCUT2D eigenvalue weighted by molar-refractivity contribution is 7.17. The zero-order valence-corrected chi connectivity index (χ0v) is 15.2. The van der Waals surface area contributed by atoms with Crippen LogP contribution in [0.25, 0.3) is 10.4 Å². The van der Waals surface area contributed by atoms with E-state index in [-0.39, 0.29) is 11.7 Å². The largest absolute Gasteiger partial charge is 0.546 e. The van der Waals surface area contributed by atoms with E-state index in [1.807, 2.05) is 0 Å². The van der Waals surface area contributed by atoms with Crippen LogP contribution in [0, 0.1) is 5.82 Å². The summed E-state index contributed by atoms with van der Waals surface area (Å²) in [5.41, 5.74) is 3.96. The molecule has 1 heterocycles. The summed E-state index contributed by atoms with van der Waals surface area (Å²) >= 11 is 1.28. The van der Waals surface area contributed by atoms with Crippen molar-refractivity contribution in [3.63, 3.8) is 0 Å². The van der Waals surface area contributed by atoms with Gasteiger partial charge in [0.05, 0.1) is 17.1 Å². The molecule has 1 N–H and O–H groups in total. The van der Waals surface area contributed by atoms with Gasteiger partial charge in [0.25, 0.3) is 5.91 Å². The molecule has 0 aliphatic carbocycles. The third-order valence-corrected chi connectivity index (χ3v) is 4.71. The van der Waals surface area contributed by atoms with Crippen LogP contribution in [-0.4, -0.2) is 24.7 Å². The molecule has 0 aliphatic heterocycles. The summed E-state index contributed by atoms with van der Waals surface area (Å²) in [5.74, 6) is -1.59.